The summed E-state index contributed by atoms with van der Waals surface area (Å²) in [5, 5.41) is 11.2. The first-order chi connectivity index (χ1) is 20.8. The minimum Gasteiger partial charge on any atom is -0.494 e. The molecule has 9 heteroatoms. The summed E-state index contributed by atoms with van der Waals surface area (Å²) in [4.78, 5) is 13.0. The van der Waals surface area contributed by atoms with E-state index in [1.54, 1.807) is 0 Å². The summed E-state index contributed by atoms with van der Waals surface area (Å²) in [5.74, 6) is -1.86. The number of benzene rings is 2. The Hall–Kier alpha value is -2.20. The van der Waals surface area contributed by atoms with E-state index < -0.39 is 35.7 Å². The van der Waals surface area contributed by atoms with Gasteiger partial charge in [-0.1, -0.05) is 69.8 Å². The first kappa shape index (κ1) is 33.7. The third kappa shape index (κ3) is 7.38. The second-order valence-corrected chi connectivity index (χ2v) is 11.7. The van der Waals surface area contributed by atoms with Gasteiger partial charge in [0.2, 0.25) is 11.4 Å². The molecule has 0 aromatic heterocycles. The molecule has 43 heavy (non-hydrogen) atoms. The standard InChI is InChI=1S/C34H47ClO8/c1-5-9-18-39-29-30(40-19-10-6-2)33(32(36)37)23-42-34(43-33,31(29)41-20-11-7-3)26-14-17-28(35)25(22-26)21-24-12-15-27(16-13-24)38-8-4/h12-17,22,29-31H,5-11,18-21,23H2,1-4H3,(H,36,37)/t29-,30-,31+,33-,34-/m0/s1. The summed E-state index contributed by atoms with van der Waals surface area (Å²) >= 11 is 6.71. The predicted octanol–water partition coefficient (Wildman–Crippen LogP) is 6.92. The van der Waals surface area contributed by atoms with Crippen LogP contribution in [0.1, 0.15) is 82.9 Å². The Morgan fingerprint density at radius 2 is 1.53 bits per heavy atom. The lowest BCUT2D eigenvalue weighted by molar-refractivity contribution is -0.341. The smallest absolute Gasteiger partial charge is 0.341 e. The molecule has 2 aliphatic heterocycles. The molecule has 2 saturated heterocycles. The molecule has 0 aliphatic carbocycles. The van der Waals surface area contributed by atoms with Crippen molar-refractivity contribution in [3.63, 3.8) is 0 Å². The van der Waals surface area contributed by atoms with Gasteiger partial charge in [0.15, 0.2) is 0 Å². The molecule has 2 aromatic rings. The number of carboxylic acids is 1. The maximum atomic E-state index is 13.0. The zero-order valence-electron chi connectivity index (χ0n) is 25.9. The van der Waals surface area contributed by atoms with Gasteiger partial charge in [-0.2, -0.15) is 0 Å². The third-order valence-corrected chi connectivity index (χ3v) is 8.47. The number of rotatable bonds is 18. The van der Waals surface area contributed by atoms with Gasteiger partial charge in [0.05, 0.1) is 13.2 Å². The molecule has 2 aliphatic rings. The van der Waals surface area contributed by atoms with Gasteiger partial charge in [-0.15, -0.1) is 0 Å². The molecule has 238 valence electrons. The molecule has 8 nitrogen and oxygen atoms in total. The molecule has 0 amide bonds. The van der Waals surface area contributed by atoms with Gasteiger partial charge in [0.25, 0.3) is 0 Å². The molecule has 0 radical (unpaired) electrons. The van der Waals surface area contributed by atoms with Gasteiger partial charge in [0.1, 0.15) is 24.1 Å². The van der Waals surface area contributed by atoms with Crippen LogP contribution in [0.5, 0.6) is 5.75 Å². The van der Waals surface area contributed by atoms with Crippen LogP contribution in [0.15, 0.2) is 42.5 Å². The molecule has 5 atom stereocenters. The zero-order valence-corrected chi connectivity index (χ0v) is 26.7. The van der Waals surface area contributed by atoms with Crippen LogP contribution in [0.3, 0.4) is 0 Å². The Morgan fingerprint density at radius 3 is 2.14 bits per heavy atom. The molecule has 2 heterocycles. The van der Waals surface area contributed by atoms with Gasteiger partial charge in [0, 0.05) is 30.4 Å². The predicted molar refractivity (Wildman–Crippen MR) is 165 cm³/mol. The highest BCUT2D eigenvalue weighted by Crippen LogP contribution is 2.53. The van der Waals surface area contributed by atoms with Crippen molar-refractivity contribution in [3.05, 3.63) is 64.2 Å². The topological polar surface area (TPSA) is 92.7 Å². The Labute approximate surface area is 260 Å². The lowest BCUT2D eigenvalue weighted by Crippen LogP contribution is -2.69. The van der Waals surface area contributed by atoms with Crippen molar-refractivity contribution >= 4 is 17.6 Å². The van der Waals surface area contributed by atoms with Crippen molar-refractivity contribution in [2.24, 2.45) is 0 Å². The molecule has 1 N–H and O–H groups in total. The zero-order chi connectivity index (χ0) is 30.9. The Morgan fingerprint density at radius 1 is 0.907 bits per heavy atom. The maximum absolute atomic E-state index is 13.0. The Kier molecular flexibility index (Phi) is 12.3. The van der Waals surface area contributed by atoms with Crippen LogP contribution in [0.4, 0.5) is 0 Å². The van der Waals surface area contributed by atoms with Crippen molar-refractivity contribution in [2.75, 3.05) is 33.0 Å². The van der Waals surface area contributed by atoms with Crippen molar-refractivity contribution < 1.29 is 38.3 Å². The summed E-state index contributed by atoms with van der Waals surface area (Å²) in [6.45, 7) is 9.87. The van der Waals surface area contributed by atoms with Crippen LogP contribution < -0.4 is 4.74 Å². The highest BCUT2D eigenvalue weighted by atomic mass is 35.5. The number of carbonyl (C=O) groups is 1. The van der Waals surface area contributed by atoms with Gasteiger partial charge in [-0.05, 0) is 68.0 Å². The van der Waals surface area contributed by atoms with Crippen LogP contribution >= 0.6 is 11.6 Å². The second-order valence-electron chi connectivity index (χ2n) is 11.3. The minimum absolute atomic E-state index is 0.197. The third-order valence-electron chi connectivity index (χ3n) is 8.10. The normalized spacial score (nSPS) is 26.5. The number of carboxylic acid groups (broad SMARTS) is 1. The Balaban J connectivity index is 1.76. The number of hydrogen-bond donors (Lipinski definition) is 1. The van der Waals surface area contributed by atoms with Crippen LogP contribution in [0, 0.1) is 0 Å². The van der Waals surface area contributed by atoms with E-state index in [-0.39, 0.29) is 6.61 Å². The summed E-state index contributed by atoms with van der Waals surface area (Å²) in [6, 6.07) is 13.5. The van der Waals surface area contributed by atoms with E-state index in [0.717, 1.165) is 55.4 Å². The number of aliphatic carboxylic acids is 1. The number of unbranched alkanes of at least 4 members (excludes halogenated alkanes) is 3. The van der Waals surface area contributed by atoms with Crippen molar-refractivity contribution in [1.29, 1.82) is 0 Å². The maximum Gasteiger partial charge on any atom is 0.341 e. The Bertz CT molecular complexity index is 1170. The summed E-state index contributed by atoms with van der Waals surface area (Å²) in [5.41, 5.74) is 0.788. The molecular formula is C34H47ClO8. The molecule has 2 bridgehead atoms. The highest BCUT2D eigenvalue weighted by molar-refractivity contribution is 6.31. The fourth-order valence-corrected chi connectivity index (χ4v) is 5.88. The molecular weight excluding hydrogens is 572 g/mol. The highest BCUT2D eigenvalue weighted by Gasteiger charge is 2.72. The van der Waals surface area contributed by atoms with Crippen LogP contribution in [-0.4, -0.2) is 68.0 Å². The van der Waals surface area contributed by atoms with E-state index in [9.17, 15) is 9.90 Å². The van der Waals surface area contributed by atoms with E-state index in [2.05, 4.69) is 20.8 Å². The number of hydrogen-bond acceptors (Lipinski definition) is 7. The quantitative estimate of drug-likeness (QED) is 0.180. The average Bonchev–Trinajstić information content (AvgIpc) is 3.37. The fourth-order valence-electron chi connectivity index (χ4n) is 5.70. The van der Waals surface area contributed by atoms with Crippen LogP contribution in [0.2, 0.25) is 5.02 Å². The molecule has 4 rings (SSSR count). The van der Waals surface area contributed by atoms with Gasteiger partial charge in [-0.3, -0.25) is 0 Å². The van der Waals surface area contributed by atoms with E-state index in [4.69, 9.17) is 40.0 Å². The van der Waals surface area contributed by atoms with Gasteiger partial charge >= 0.3 is 5.97 Å². The SMILES string of the molecule is CCCCO[C@@H]1[C@@H](OCCCC)[C@@]2(c3ccc(Cl)c(Cc4ccc(OCC)cc4)c3)OC[C@](C(=O)O)(O2)[C@H]1OCCCC. The lowest BCUT2D eigenvalue weighted by Gasteiger charge is -2.49. The molecule has 2 aromatic carbocycles. The summed E-state index contributed by atoms with van der Waals surface area (Å²) in [6.07, 6.45) is 3.36. The van der Waals surface area contributed by atoms with Crippen molar-refractivity contribution in [2.45, 2.75) is 102 Å². The molecule has 0 saturated carbocycles. The molecule has 0 unspecified atom stereocenters. The largest absolute Gasteiger partial charge is 0.494 e. The fraction of sp³-hybridized carbons (Fsp3) is 0.618. The molecule has 2 fully saturated rings. The van der Waals surface area contributed by atoms with Gasteiger partial charge in [-0.25, -0.2) is 4.79 Å². The van der Waals surface area contributed by atoms with E-state index in [0.29, 0.717) is 43.4 Å². The number of fused-ring (bicyclic) bond motifs is 2. The van der Waals surface area contributed by atoms with E-state index in [1.807, 2.05) is 49.4 Å². The summed E-state index contributed by atoms with van der Waals surface area (Å²) < 4.78 is 38.0. The second kappa shape index (κ2) is 15.7. The average molecular weight is 619 g/mol. The van der Waals surface area contributed by atoms with E-state index in [1.165, 1.54) is 0 Å². The minimum atomic E-state index is -1.76. The van der Waals surface area contributed by atoms with Gasteiger partial charge < -0.3 is 33.5 Å². The first-order valence-electron chi connectivity index (χ1n) is 15.8. The van der Waals surface area contributed by atoms with E-state index >= 15 is 0 Å². The van der Waals surface area contributed by atoms with Crippen LogP contribution in [-0.2, 0) is 40.7 Å². The van der Waals surface area contributed by atoms with Crippen molar-refractivity contribution in [1.82, 2.24) is 0 Å². The summed E-state index contributed by atoms with van der Waals surface area (Å²) in [7, 11) is 0. The molecule has 0 spiro atoms. The number of ether oxygens (including phenoxy) is 6. The van der Waals surface area contributed by atoms with Crippen LogP contribution in [0.25, 0.3) is 0 Å². The van der Waals surface area contributed by atoms with Crippen molar-refractivity contribution in [3.8, 4) is 5.75 Å². The number of halogens is 1. The monoisotopic (exact) mass is 618 g/mol. The lowest BCUT2D eigenvalue weighted by atomic mass is 9.82. The first-order valence-corrected chi connectivity index (χ1v) is 16.2.